The summed E-state index contributed by atoms with van der Waals surface area (Å²) in [5, 5.41) is 0. The number of hydrogen-bond acceptors (Lipinski definition) is 5. The van der Waals surface area contributed by atoms with Gasteiger partial charge < -0.3 is 20.0 Å². The maximum absolute atomic E-state index is 12.9. The molecule has 7 heteroatoms. The Morgan fingerprint density at radius 2 is 1.86 bits per heavy atom. The molecule has 1 aliphatic rings. The molecule has 21 heavy (non-hydrogen) atoms. The molecule has 0 radical (unpaired) electrons. The largest absolute Gasteiger partial charge is 0.431 e. The Morgan fingerprint density at radius 1 is 1.19 bits per heavy atom. The van der Waals surface area contributed by atoms with Crippen LogP contribution in [0.2, 0.25) is 0 Å². The molecule has 0 unspecified atom stereocenters. The molecule has 110 valence electrons. The van der Waals surface area contributed by atoms with Gasteiger partial charge in [-0.05, 0) is 24.3 Å². The first kappa shape index (κ1) is 13.4. The van der Waals surface area contributed by atoms with E-state index in [1.54, 1.807) is 17.0 Å². The highest BCUT2D eigenvalue weighted by molar-refractivity contribution is 5.92. The highest BCUT2D eigenvalue weighted by atomic mass is 19.1. The summed E-state index contributed by atoms with van der Waals surface area (Å²) in [4.78, 5) is 19.8. The van der Waals surface area contributed by atoms with Crippen molar-refractivity contribution in [2.45, 2.75) is 0 Å². The van der Waals surface area contributed by atoms with Gasteiger partial charge in [-0.25, -0.2) is 4.39 Å². The molecule has 1 aliphatic heterocycles. The van der Waals surface area contributed by atoms with Crippen LogP contribution >= 0.6 is 0 Å². The molecule has 6 nitrogen and oxygen atoms in total. The molecule has 0 spiro atoms. The van der Waals surface area contributed by atoms with Crippen LogP contribution in [0.15, 0.2) is 34.9 Å². The average molecular weight is 290 g/mol. The van der Waals surface area contributed by atoms with E-state index in [1.165, 1.54) is 18.4 Å². The molecular weight excluding hydrogens is 275 g/mol. The monoisotopic (exact) mass is 290 g/mol. The Kier molecular flexibility index (Phi) is 3.47. The third-order valence-corrected chi connectivity index (χ3v) is 3.50. The Hall–Kier alpha value is -2.57. The van der Waals surface area contributed by atoms with Crippen molar-refractivity contribution in [3.63, 3.8) is 0 Å². The number of halogens is 1. The van der Waals surface area contributed by atoms with E-state index in [1.807, 2.05) is 0 Å². The molecule has 1 aromatic heterocycles. The smallest absolute Gasteiger partial charge is 0.292 e. The maximum Gasteiger partial charge on any atom is 0.292 e. The van der Waals surface area contributed by atoms with Crippen molar-refractivity contribution in [2.75, 3.05) is 36.8 Å². The van der Waals surface area contributed by atoms with Crippen LogP contribution in [-0.4, -0.2) is 42.0 Å². The lowest BCUT2D eigenvalue weighted by atomic mass is 10.2. The molecule has 3 rings (SSSR count). The Morgan fingerprint density at radius 3 is 2.43 bits per heavy atom. The number of hydrogen-bond donors (Lipinski definition) is 1. The minimum absolute atomic E-state index is 0.0108. The number of carbonyl (C=O) groups excluding carboxylic acids is 1. The molecule has 2 N–H and O–H groups in total. The van der Waals surface area contributed by atoms with E-state index in [0.717, 1.165) is 5.69 Å². The topological polar surface area (TPSA) is 75.6 Å². The highest BCUT2D eigenvalue weighted by Crippen LogP contribution is 2.18. The average Bonchev–Trinajstić information content (AvgIpc) is 2.94. The second kappa shape index (κ2) is 5.43. The first-order valence-electron chi connectivity index (χ1n) is 6.64. The van der Waals surface area contributed by atoms with Crippen LogP contribution in [0.5, 0.6) is 0 Å². The lowest BCUT2D eigenvalue weighted by Crippen LogP contribution is -2.48. The summed E-state index contributed by atoms with van der Waals surface area (Å²) in [6.45, 7) is 2.52. The van der Waals surface area contributed by atoms with Crippen molar-refractivity contribution in [2.24, 2.45) is 0 Å². The summed E-state index contributed by atoms with van der Waals surface area (Å²) in [6.07, 6.45) is 1.27. The van der Waals surface area contributed by atoms with E-state index in [-0.39, 0.29) is 23.4 Å². The van der Waals surface area contributed by atoms with Crippen molar-refractivity contribution in [3.8, 4) is 0 Å². The lowest BCUT2D eigenvalue weighted by Gasteiger charge is -2.35. The van der Waals surface area contributed by atoms with Crippen LogP contribution < -0.4 is 10.6 Å². The zero-order valence-corrected chi connectivity index (χ0v) is 11.3. The number of piperazine rings is 1. The number of rotatable bonds is 2. The first-order valence-corrected chi connectivity index (χ1v) is 6.64. The van der Waals surface area contributed by atoms with Gasteiger partial charge in [0.1, 0.15) is 12.1 Å². The summed E-state index contributed by atoms with van der Waals surface area (Å²) in [7, 11) is 0. The van der Waals surface area contributed by atoms with Crippen LogP contribution in [0.4, 0.5) is 16.1 Å². The molecule has 0 aliphatic carbocycles. The van der Waals surface area contributed by atoms with E-state index >= 15 is 0 Å². The van der Waals surface area contributed by atoms with Gasteiger partial charge in [-0.3, -0.25) is 4.79 Å². The number of oxazole rings is 1. The number of benzene rings is 1. The molecule has 2 heterocycles. The zero-order valence-electron chi connectivity index (χ0n) is 11.3. The van der Waals surface area contributed by atoms with Gasteiger partial charge >= 0.3 is 0 Å². The van der Waals surface area contributed by atoms with Gasteiger partial charge in [0.2, 0.25) is 0 Å². The molecule has 0 saturated carbocycles. The van der Waals surface area contributed by atoms with Gasteiger partial charge in [-0.1, -0.05) is 0 Å². The fourth-order valence-electron chi connectivity index (χ4n) is 2.37. The van der Waals surface area contributed by atoms with E-state index < -0.39 is 0 Å². The predicted molar refractivity (Wildman–Crippen MR) is 75.4 cm³/mol. The number of aromatic nitrogens is 1. The van der Waals surface area contributed by atoms with Gasteiger partial charge in [0.05, 0.1) is 0 Å². The van der Waals surface area contributed by atoms with Crippen molar-refractivity contribution < 1.29 is 13.6 Å². The molecule has 1 saturated heterocycles. The normalized spacial score (nSPS) is 15.3. The summed E-state index contributed by atoms with van der Waals surface area (Å²) >= 11 is 0. The lowest BCUT2D eigenvalue weighted by molar-refractivity contribution is 0.0741. The summed E-state index contributed by atoms with van der Waals surface area (Å²) in [5.41, 5.74) is 6.55. The minimum atomic E-state index is -0.254. The number of nitrogens with two attached hydrogens (primary N) is 1. The SMILES string of the molecule is Nc1nc(C(=O)N2CCN(c3ccc(F)cc3)CC2)co1. The standard InChI is InChI=1S/C14H15FN4O2/c15-10-1-3-11(4-2-10)18-5-7-19(8-6-18)13(20)12-9-21-14(16)17-12/h1-4,9H,5-8H2,(H2,16,17). The Labute approximate surface area is 121 Å². The maximum atomic E-state index is 12.9. The quantitative estimate of drug-likeness (QED) is 0.903. The van der Waals surface area contributed by atoms with Crippen LogP contribution in [0.25, 0.3) is 0 Å². The van der Waals surface area contributed by atoms with Crippen molar-refractivity contribution in [3.05, 3.63) is 42.0 Å². The highest BCUT2D eigenvalue weighted by Gasteiger charge is 2.24. The number of carbonyl (C=O) groups is 1. The number of nitrogens with zero attached hydrogens (tertiary/aromatic N) is 3. The van der Waals surface area contributed by atoms with E-state index in [0.29, 0.717) is 26.2 Å². The van der Waals surface area contributed by atoms with Crippen molar-refractivity contribution >= 4 is 17.6 Å². The molecule has 0 atom stereocenters. The fourth-order valence-corrected chi connectivity index (χ4v) is 2.37. The van der Waals surface area contributed by atoms with Gasteiger partial charge in [-0.15, -0.1) is 0 Å². The van der Waals surface area contributed by atoms with E-state index in [2.05, 4.69) is 9.88 Å². The molecular formula is C14H15FN4O2. The van der Waals surface area contributed by atoms with Crippen LogP contribution in [-0.2, 0) is 0 Å². The zero-order chi connectivity index (χ0) is 14.8. The first-order chi connectivity index (χ1) is 10.1. The van der Waals surface area contributed by atoms with Crippen LogP contribution in [0.3, 0.4) is 0 Å². The van der Waals surface area contributed by atoms with Crippen molar-refractivity contribution in [1.82, 2.24) is 9.88 Å². The molecule has 1 aromatic carbocycles. The second-order valence-electron chi connectivity index (χ2n) is 4.83. The van der Waals surface area contributed by atoms with E-state index in [9.17, 15) is 9.18 Å². The minimum Gasteiger partial charge on any atom is -0.431 e. The van der Waals surface area contributed by atoms with Crippen LogP contribution in [0, 0.1) is 5.82 Å². The number of amides is 1. The van der Waals surface area contributed by atoms with Crippen LogP contribution in [0.1, 0.15) is 10.5 Å². The fraction of sp³-hybridized carbons (Fsp3) is 0.286. The summed E-state index contributed by atoms with van der Waals surface area (Å²) in [6, 6.07) is 6.34. The summed E-state index contributed by atoms with van der Waals surface area (Å²) in [5.74, 6) is -0.439. The Bertz CT molecular complexity index is 633. The Balaban J connectivity index is 1.62. The van der Waals surface area contributed by atoms with E-state index in [4.69, 9.17) is 10.2 Å². The molecule has 1 fully saturated rings. The van der Waals surface area contributed by atoms with Gasteiger partial charge in [-0.2, -0.15) is 4.98 Å². The second-order valence-corrected chi connectivity index (χ2v) is 4.83. The van der Waals surface area contributed by atoms with Gasteiger partial charge in [0, 0.05) is 31.9 Å². The predicted octanol–water partition coefficient (Wildman–Crippen LogP) is 1.36. The third kappa shape index (κ3) is 2.81. The number of anilines is 2. The molecule has 0 bridgehead atoms. The summed E-state index contributed by atoms with van der Waals surface area (Å²) < 4.78 is 17.8. The third-order valence-electron chi connectivity index (χ3n) is 3.50. The van der Waals surface area contributed by atoms with Crippen molar-refractivity contribution in [1.29, 1.82) is 0 Å². The molecule has 2 aromatic rings. The number of nitrogen functional groups attached to an aromatic ring is 1. The molecule has 1 amide bonds. The van der Waals surface area contributed by atoms with Gasteiger partial charge in [0.15, 0.2) is 5.69 Å². The van der Waals surface area contributed by atoms with Gasteiger partial charge in [0.25, 0.3) is 11.9 Å².